The molecule has 90 valence electrons. The molecule has 1 N–H and O–H groups in total. The van der Waals surface area contributed by atoms with Gasteiger partial charge in [0.15, 0.2) is 0 Å². The molecule has 0 saturated heterocycles. The topological polar surface area (TPSA) is 55.4 Å². The summed E-state index contributed by atoms with van der Waals surface area (Å²) in [6, 6.07) is 6.42. The number of rotatable bonds is 6. The lowest BCUT2D eigenvalue weighted by molar-refractivity contribution is 0.317. The second kappa shape index (κ2) is 5.86. The summed E-state index contributed by atoms with van der Waals surface area (Å²) >= 11 is 0. The molecule has 0 bridgehead atoms. The van der Waals surface area contributed by atoms with Crippen molar-refractivity contribution in [3.8, 4) is 5.75 Å². The molecule has 0 amide bonds. The molecule has 0 aliphatic carbocycles. The average Bonchev–Trinajstić information content (AvgIpc) is 2.27. The van der Waals surface area contributed by atoms with Gasteiger partial charge in [0, 0.05) is 6.54 Å². The number of benzene rings is 1. The summed E-state index contributed by atoms with van der Waals surface area (Å²) in [5.41, 5.74) is 0. The molecule has 1 aromatic carbocycles. The number of nitrogens with one attached hydrogen (secondary N) is 1. The highest BCUT2D eigenvalue weighted by molar-refractivity contribution is 7.89. The molecule has 0 heterocycles. The summed E-state index contributed by atoms with van der Waals surface area (Å²) in [6.07, 6.45) is 0.928. The molecule has 0 saturated carbocycles. The monoisotopic (exact) mass is 243 g/mol. The van der Waals surface area contributed by atoms with E-state index < -0.39 is 10.0 Å². The molecule has 0 atom stereocenters. The molecule has 1 aromatic rings. The predicted octanol–water partition coefficient (Wildman–Crippen LogP) is 1.77. The third-order valence-corrected chi connectivity index (χ3v) is 3.50. The predicted molar refractivity (Wildman–Crippen MR) is 63.1 cm³/mol. The highest BCUT2D eigenvalue weighted by Gasteiger charge is 2.11. The van der Waals surface area contributed by atoms with Gasteiger partial charge in [0.25, 0.3) is 0 Å². The second-order valence-electron chi connectivity index (χ2n) is 3.32. The van der Waals surface area contributed by atoms with Crippen LogP contribution in [0, 0.1) is 0 Å². The zero-order valence-corrected chi connectivity index (χ0v) is 10.4. The molecule has 0 unspecified atom stereocenters. The van der Waals surface area contributed by atoms with Crippen molar-refractivity contribution in [3.63, 3.8) is 0 Å². The third-order valence-electron chi connectivity index (χ3n) is 1.94. The maximum Gasteiger partial charge on any atom is 0.240 e. The molecule has 4 nitrogen and oxygen atoms in total. The highest BCUT2D eigenvalue weighted by atomic mass is 32.2. The molecule has 16 heavy (non-hydrogen) atoms. The SMILES string of the molecule is CCCOc1ccc(S(=O)(=O)NCC)cc1. The summed E-state index contributed by atoms with van der Waals surface area (Å²) in [6.45, 7) is 4.79. The van der Waals surface area contributed by atoms with Gasteiger partial charge in [0.05, 0.1) is 11.5 Å². The molecule has 0 aliphatic rings. The zero-order chi connectivity index (χ0) is 12.0. The first kappa shape index (κ1) is 13.0. The Hall–Kier alpha value is -1.07. The molecular weight excluding hydrogens is 226 g/mol. The quantitative estimate of drug-likeness (QED) is 0.828. The average molecular weight is 243 g/mol. The van der Waals surface area contributed by atoms with Crippen molar-refractivity contribution in [2.24, 2.45) is 0 Å². The van der Waals surface area contributed by atoms with Gasteiger partial charge in [-0.25, -0.2) is 13.1 Å². The van der Waals surface area contributed by atoms with Crippen LogP contribution in [0.3, 0.4) is 0 Å². The van der Waals surface area contributed by atoms with Gasteiger partial charge in [-0.2, -0.15) is 0 Å². The minimum Gasteiger partial charge on any atom is -0.494 e. The van der Waals surface area contributed by atoms with E-state index in [-0.39, 0.29) is 4.90 Å². The fraction of sp³-hybridized carbons (Fsp3) is 0.455. The Balaban J connectivity index is 2.78. The molecule has 0 aliphatic heterocycles. The standard InChI is InChI=1S/C11H17NO3S/c1-3-9-15-10-5-7-11(8-6-10)16(13,14)12-4-2/h5-8,12H,3-4,9H2,1-2H3. The van der Waals surface area contributed by atoms with E-state index in [2.05, 4.69) is 4.72 Å². The lowest BCUT2D eigenvalue weighted by Gasteiger charge is -2.07. The number of sulfonamides is 1. The fourth-order valence-corrected chi connectivity index (χ4v) is 2.25. The largest absolute Gasteiger partial charge is 0.494 e. The first-order valence-corrected chi connectivity index (χ1v) is 6.81. The van der Waals surface area contributed by atoms with E-state index in [9.17, 15) is 8.42 Å². The summed E-state index contributed by atoms with van der Waals surface area (Å²) in [5.74, 6) is 0.692. The van der Waals surface area contributed by atoms with Crippen LogP contribution < -0.4 is 9.46 Å². The molecule has 1 rings (SSSR count). The van der Waals surface area contributed by atoms with Crippen molar-refractivity contribution in [1.82, 2.24) is 4.72 Å². The number of hydrogen-bond acceptors (Lipinski definition) is 3. The molecular formula is C11H17NO3S. The van der Waals surface area contributed by atoms with Crippen LogP contribution in [0.15, 0.2) is 29.2 Å². The molecule has 0 aromatic heterocycles. The zero-order valence-electron chi connectivity index (χ0n) is 9.56. The fourth-order valence-electron chi connectivity index (χ4n) is 1.21. The third kappa shape index (κ3) is 3.50. The van der Waals surface area contributed by atoms with E-state index >= 15 is 0 Å². The summed E-state index contributed by atoms with van der Waals surface area (Å²) < 4.78 is 31.0. The van der Waals surface area contributed by atoms with Crippen LogP contribution in [-0.2, 0) is 10.0 Å². The first-order chi connectivity index (χ1) is 7.60. The number of ether oxygens (including phenoxy) is 1. The van der Waals surface area contributed by atoms with Gasteiger partial charge in [0.1, 0.15) is 5.75 Å². The van der Waals surface area contributed by atoms with Gasteiger partial charge in [-0.05, 0) is 30.7 Å². The Bertz CT molecular complexity index is 411. The lowest BCUT2D eigenvalue weighted by Crippen LogP contribution is -2.22. The van der Waals surface area contributed by atoms with Gasteiger partial charge < -0.3 is 4.74 Å². The van der Waals surface area contributed by atoms with Gasteiger partial charge in [-0.1, -0.05) is 13.8 Å². The van der Waals surface area contributed by atoms with Crippen LogP contribution >= 0.6 is 0 Å². The maximum atomic E-state index is 11.6. The normalized spacial score (nSPS) is 11.4. The van der Waals surface area contributed by atoms with E-state index in [1.54, 1.807) is 31.2 Å². The van der Waals surface area contributed by atoms with E-state index in [0.29, 0.717) is 18.9 Å². The second-order valence-corrected chi connectivity index (χ2v) is 5.09. The Kier molecular flexibility index (Phi) is 4.76. The van der Waals surface area contributed by atoms with Crippen molar-refractivity contribution in [3.05, 3.63) is 24.3 Å². The van der Waals surface area contributed by atoms with Crippen molar-refractivity contribution >= 4 is 10.0 Å². The van der Waals surface area contributed by atoms with E-state index in [1.165, 1.54) is 0 Å². The van der Waals surface area contributed by atoms with Gasteiger partial charge in [-0.15, -0.1) is 0 Å². The summed E-state index contributed by atoms with van der Waals surface area (Å²) in [4.78, 5) is 0.262. The summed E-state index contributed by atoms with van der Waals surface area (Å²) in [5, 5.41) is 0. The van der Waals surface area contributed by atoms with Crippen LogP contribution in [0.2, 0.25) is 0 Å². The van der Waals surface area contributed by atoms with Crippen molar-refractivity contribution < 1.29 is 13.2 Å². The van der Waals surface area contributed by atoms with Crippen molar-refractivity contribution in [2.75, 3.05) is 13.2 Å². The van der Waals surface area contributed by atoms with Crippen LogP contribution in [0.4, 0.5) is 0 Å². The van der Waals surface area contributed by atoms with Crippen LogP contribution in [0.5, 0.6) is 5.75 Å². The Labute approximate surface area is 96.7 Å². The minimum absolute atomic E-state index is 0.262. The highest BCUT2D eigenvalue weighted by Crippen LogP contribution is 2.15. The van der Waals surface area contributed by atoms with E-state index in [4.69, 9.17) is 4.74 Å². The number of hydrogen-bond donors (Lipinski definition) is 1. The minimum atomic E-state index is -3.35. The molecule has 0 spiro atoms. The van der Waals surface area contributed by atoms with Gasteiger partial charge in [-0.3, -0.25) is 0 Å². The van der Waals surface area contributed by atoms with Crippen LogP contribution in [-0.4, -0.2) is 21.6 Å². The Morgan fingerprint density at radius 1 is 1.19 bits per heavy atom. The van der Waals surface area contributed by atoms with E-state index in [1.807, 2.05) is 6.92 Å². The summed E-state index contributed by atoms with van der Waals surface area (Å²) in [7, 11) is -3.35. The maximum absolute atomic E-state index is 11.6. The smallest absolute Gasteiger partial charge is 0.240 e. The Morgan fingerprint density at radius 2 is 1.81 bits per heavy atom. The van der Waals surface area contributed by atoms with Crippen molar-refractivity contribution in [1.29, 1.82) is 0 Å². The van der Waals surface area contributed by atoms with E-state index in [0.717, 1.165) is 6.42 Å². The molecule has 5 heteroatoms. The van der Waals surface area contributed by atoms with Crippen LogP contribution in [0.25, 0.3) is 0 Å². The molecule has 0 radical (unpaired) electrons. The Morgan fingerprint density at radius 3 is 2.31 bits per heavy atom. The van der Waals surface area contributed by atoms with Gasteiger partial charge in [0.2, 0.25) is 10.0 Å². The lowest BCUT2D eigenvalue weighted by atomic mass is 10.3. The van der Waals surface area contributed by atoms with Gasteiger partial charge >= 0.3 is 0 Å². The van der Waals surface area contributed by atoms with Crippen molar-refractivity contribution in [2.45, 2.75) is 25.2 Å². The molecule has 0 fully saturated rings. The van der Waals surface area contributed by atoms with Crippen LogP contribution in [0.1, 0.15) is 20.3 Å². The first-order valence-electron chi connectivity index (χ1n) is 5.32.